The van der Waals surface area contributed by atoms with Gasteiger partial charge < -0.3 is 9.84 Å². The Labute approximate surface area is 185 Å². The largest absolute Gasteiger partial charge is 0.496 e. The van der Waals surface area contributed by atoms with Crippen LogP contribution in [0.3, 0.4) is 0 Å². The van der Waals surface area contributed by atoms with Gasteiger partial charge in [0.1, 0.15) is 5.75 Å². The second-order valence-corrected chi connectivity index (χ2v) is 8.47. The minimum absolute atomic E-state index is 0.0446. The normalized spacial score (nSPS) is 11.1. The quantitative estimate of drug-likeness (QED) is 0.331. The molecule has 0 bridgehead atoms. The molecule has 5 aromatic rings. The summed E-state index contributed by atoms with van der Waals surface area (Å²) in [4.78, 5) is 5.66. The van der Waals surface area contributed by atoms with Gasteiger partial charge >= 0.3 is 0 Å². The zero-order valence-electron chi connectivity index (χ0n) is 15.9. The van der Waals surface area contributed by atoms with E-state index in [4.69, 9.17) is 4.74 Å². The number of rotatable bonds is 4. The van der Waals surface area contributed by atoms with Gasteiger partial charge in [0.15, 0.2) is 5.65 Å². The van der Waals surface area contributed by atoms with E-state index in [-0.39, 0.29) is 5.88 Å². The first-order valence-electron chi connectivity index (χ1n) is 9.19. The van der Waals surface area contributed by atoms with Gasteiger partial charge in [-0.15, -0.1) is 11.3 Å². The van der Waals surface area contributed by atoms with Crippen LogP contribution in [0.25, 0.3) is 38.3 Å². The molecule has 0 aliphatic rings. The molecule has 148 valence electrons. The van der Waals surface area contributed by atoms with E-state index in [1.807, 2.05) is 36.4 Å². The van der Waals surface area contributed by atoms with E-state index in [9.17, 15) is 5.11 Å². The molecule has 1 N–H and O–H groups in total. The van der Waals surface area contributed by atoms with Crippen molar-refractivity contribution in [2.24, 2.45) is 0 Å². The molecule has 0 unspecified atom stereocenters. The Morgan fingerprint density at radius 2 is 1.80 bits per heavy atom. The Balaban J connectivity index is 1.57. The van der Waals surface area contributed by atoms with Gasteiger partial charge in [-0.25, -0.2) is 4.98 Å². The van der Waals surface area contributed by atoms with Crippen LogP contribution in [0, 0.1) is 0 Å². The van der Waals surface area contributed by atoms with Crippen LogP contribution in [0.1, 0.15) is 0 Å². The van der Waals surface area contributed by atoms with Crippen LogP contribution in [0.15, 0.2) is 76.8 Å². The van der Waals surface area contributed by atoms with Crippen molar-refractivity contribution >= 4 is 32.9 Å². The Bertz CT molecular complexity index is 1360. The van der Waals surface area contributed by atoms with Crippen molar-refractivity contribution in [1.29, 1.82) is 0 Å². The smallest absolute Gasteiger partial charge is 0.223 e. The van der Waals surface area contributed by atoms with Gasteiger partial charge in [0.2, 0.25) is 5.88 Å². The molecule has 3 aromatic heterocycles. The third-order valence-corrected chi connectivity index (χ3v) is 6.52. The number of hydrogen-bond acceptors (Lipinski definition) is 5. The maximum Gasteiger partial charge on any atom is 0.223 e. The summed E-state index contributed by atoms with van der Waals surface area (Å²) in [5, 5.41) is 17.4. The zero-order valence-corrected chi connectivity index (χ0v) is 18.3. The number of aromatic hydroxyl groups is 1. The summed E-state index contributed by atoms with van der Waals surface area (Å²) in [5.41, 5.74) is 5.23. The molecule has 0 fully saturated rings. The highest BCUT2D eigenvalue weighted by molar-refractivity contribution is 9.10. The van der Waals surface area contributed by atoms with Crippen LogP contribution in [0.2, 0.25) is 0 Å². The van der Waals surface area contributed by atoms with Crippen LogP contribution in [-0.2, 0) is 0 Å². The molecular formula is C23H16BrN3O2S. The fourth-order valence-corrected chi connectivity index (χ4v) is 4.85. The second kappa shape index (κ2) is 7.59. The van der Waals surface area contributed by atoms with Gasteiger partial charge in [0.05, 0.1) is 28.9 Å². The number of benzene rings is 2. The fourth-order valence-electron chi connectivity index (χ4n) is 3.39. The molecule has 0 aliphatic heterocycles. The molecule has 0 saturated carbocycles. The summed E-state index contributed by atoms with van der Waals surface area (Å²) in [6.07, 6.45) is 3.42. The first-order chi connectivity index (χ1) is 14.7. The van der Waals surface area contributed by atoms with Crippen molar-refractivity contribution in [3.05, 3.63) is 76.8 Å². The SMILES string of the molecule is COc1ccc(-c2cnc3c(-c4cc(-c5ccccc5)cs4)cnn3c2O)cc1Br. The van der Waals surface area contributed by atoms with Gasteiger partial charge in [-0.05, 0) is 56.2 Å². The van der Waals surface area contributed by atoms with Crippen LogP contribution in [0.5, 0.6) is 11.6 Å². The van der Waals surface area contributed by atoms with Crippen LogP contribution in [-0.4, -0.2) is 26.8 Å². The highest BCUT2D eigenvalue weighted by Gasteiger charge is 2.17. The highest BCUT2D eigenvalue weighted by Crippen LogP contribution is 2.38. The molecule has 2 aromatic carbocycles. The summed E-state index contributed by atoms with van der Waals surface area (Å²) in [6.45, 7) is 0. The van der Waals surface area contributed by atoms with E-state index >= 15 is 0 Å². The molecule has 0 atom stereocenters. The number of thiophene rings is 1. The maximum absolute atomic E-state index is 10.9. The lowest BCUT2D eigenvalue weighted by atomic mass is 10.1. The number of methoxy groups -OCH3 is 1. The van der Waals surface area contributed by atoms with Crippen molar-refractivity contribution in [2.45, 2.75) is 0 Å². The van der Waals surface area contributed by atoms with E-state index < -0.39 is 0 Å². The van der Waals surface area contributed by atoms with Crippen LogP contribution in [0.4, 0.5) is 0 Å². The molecule has 5 rings (SSSR count). The fraction of sp³-hybridized carbons (Fsp3) is 0.0435. The lowest BCUT2D eigenvalue weighted by Gasteiger charge is -2.09. The Morgan fingerprint density at radius 1 is 0.967 bits per heavy atom. The lowest BCUT2D eigenvalue weighted by Crippen LogP contribution is -1.95. The number of ether oxygens (including phenoxy) is 1. The van der Waals surface area contributed by atoms with E-state index in [0.717, 1.165) is 31.8 Å². The first kappa shape index (κ1) is 18.8. The number of nitrogens with zero attached hydrogens (tertiary/aromatic N) is 3. The molecular weight excluding hydrogens is 462 g/mol. The minimum atomic E-state index is 0.0446. The molecule has 7 heteroatoms. The van der Waals surface area contributed by atoms with E-state index in [2.05, 4.69) is 49.6 Å². The average Bonchev–Trinajstić information content (AvgIpc) is 3.42. The molecule has 0 radical (unpaired) electrons. The first-order valence-corrected chi connectivity index (χ1v) is 10.9. The standard InChI is InChI=1S/C23H16BrN3O2S/c1-29-20-8-7-15(9-19(20)24)17-11-25-22-18(12-26-27(22)23(17)28)21-10-16(13-30-21)14-5-3-2-4-6-14/h2-13,28H,1H3. The van der Waals surface area contributed by atoms with Gasteiger partial charge in [-0.1, -0.05) is 36.4 Å². The molecule has 0 amide bonds. The van der Waals surface area contributed by atoms with Crippen LogP contribution >= 0.6 is 27.3 Å². The Morgan fingerprint density at radius 3 is 2.57 bits per heavy atom. The number of aromatic nitrogens is 3. The average molecular weight is 478 g/mol. The van der Waals surface area contributed by atoms with Crippen LogP contribution < -0.4 is 4.74 Å². The number of hydrogen-bond donors (Lipinski definition) is 1. The summed E-state index contributed by atoms with van der Waals surface area (Å²) >= 11 is 5.12. The molecule has 3 heterocycles. The summed E-state index contributed by atoms with van der Waals surface area (Å²) in [6, 6.07) is 18.0. The zero-order chi connectivity index (χ0) is 20.7. The predicted molar refractivity (Wildman–Crippen MR) is 123 cm³/mol. The summed E-state index contributed by atoms with van der Waals surface area (Å²) < 4.78 is 7.56. The van der Waals surface area contributed by atoms with Crippen molar-refractivity contribution in [3.8, 4) is 44.3 Å². The third-order valence-electron chi connectivity index (χ3n) is 4.94. The number of fused-ring (bicyclic) bond motifs is 1. The van der Waals surface area contributed by atoms with E-state index in [1.165, 1.54) is 10.1 Å². The van der Waals surface area contributed by atoms with E-state index in [1.54, 1.807) is 30.8 Å². The molecule has 0 aliphatic carbocycles. The van der Waals surface area contributed by atoms with Crippen molar-refractivity contribution in [3.63, 3.8) is 0 Å². The number of halogens is 1. The highest BCUT2D eigenvalue weighted by atomic mass is 79.9. The van der Waals surface area contributed by atoms with Gasteiger partial charge in [0.25, 0.3) is 0 Å². The third kappa shape index (κ3) is 3.16. The minimum Gasteiger partial charge on any atom is -0.496 e. The van der Waals surface area contributed by atoms with E-state index in [0.29, 0.717) is 11.2 Å². The molecule has 30 heavy (non-hydrogen) atoms. The van der Waals surface area contributed by atoms with Crippen molar-refractivity contribution in [1.82, 2.24) is 14.6 Å². The second-order valence-electron chi connectivity index (χ2n) is 6.70. The van der Waals surface area contributed by atoms with Gasteiger partial charge in [-0.3, -0.25) is 0 Å². The van der Waals surface area contributed by atoms with Gasteiger partial charge in [-0.2, -0.15) is 9.61 Å². The molecule has 0 saturated heterocycles. The topological polar surface area (TPSA) is 59.7 Å². The van der Waals surface area contributed by atoms with Gasteiger partial charge in [0, 0.05) is 11.1 Å². The lowest BCUT2D eigenvalue weighted by molar-refractivity contribution is 0.412. The molecule has 0 spiro atoms. The monoisotopic (exact) mass is 477 g/mol. The maximum atomic E-state index is 10.9. The predicted octanol–water partition coefficient (Wildman–Crippen LogP) is 6.27. The summed E-state index contributed by atoms with van der Waals surface area (Å²) in [7, 11) is 1.61. The van der Waals surface area contributed by atoms with Crippen molar-refractivity contribution in [2.75, 3.05) is 7.11 Å². The summed E-state index contributed by atoms with van der Waals surface area (Å²) in [5.74, 6) is 0.767. The Kier molecular flexibility index (Phi) is 4.77. The van der Waals surface area contributed by atoms with Crippen molar-refractivity contribution < 1.29 is 9.84 Å². The Hall–Kier alpha value is -3.16. The molecule has 5 nitrogen and oxygen atoms in total.